The predicted molar refractivity (Wildman–Crippen MR) is 61.5 cm³/mol. The first-order valence-corrected chi connectivity index (χ1v) is 4.94. The van der Waals surface area contributed by atoms with Gasteiger partial charge >= 0.3 is 0 Å². The minimum Gasteiger partial charge on any atom is -0.339 e. The van der Waals surface area contributed by atoms with Crippen LogP contribution in [0, 0.1) is 6.92 Å². The largest absolute Gasteiger partial charge is 0.339 e. The Kier molecular flexibility index (Phi) is 2.83. The van der Waals surface area contributed by atoms with Gasteiger partial charge in [-0.3, -0.25) is 4.98 Å². The second kappa shape index (κ2) is 4.28. The Balaban J connectivity index is 2.26. The third-order valence-electron chi connectivity index (χ3n) is 2.01. The average molecular weight is 220 g/mol. The minimum atomic E-state index is 0.383. The predicted octanol–water partition coefficient (Wildman–Crippen LogP) is 3.18. The molecule has 15 heavy (non-hydrogen) atoms. The van der Waals surface area contributed by atoms with Crippen LogP contribution >= 0.6 is 11.6 Å². The number of halogens is 1. The maximum absolute atomic E-state index is 5.74. The Labute approximate surface area is 93.1 Å². The number of hydrogen-bond donors (Lipinski definition) is 1. The number of rotatable bonds is 2. The third kappa shape index (κ3) is 2.44. The lowest BCUT2D eigenvalue weighted by Gasteiger charge is -2.07. The molecule has 1 aromatic heterocycles. The van der Waals surface area contributed by atoms with Crippen LogP contribution in [0.3, 0.4) is 0 Å². The van der Waals surface area contributed by atoms with Gasteiger partial charge in [0.1, 0.15) is 5.15 Å². The molecule has 2 aromatic rings. The maximum Gasteiger partial charge on any atom is 0.150 e. The number of benzene rings is 1. The monoisotopic (exact) mass is 219 g/mol. The van der Waals surface area contributed by atoms with Crippen LogP contribution in [-0.4, -0.2) is 9.97 Å². The van der Waals surface area contributed by atoms with Crippen molar-refractivity contribution in [3.05, 3.63) is 47.4 Å². The molecule has 0 aliphatic rings. The van der Waals surface area contributed by atoms with E-state index in [1.165, 1.54) is 6.20 Å². The van der Waals surface area contributed by atoms with Gasteiger partial charge in [-0.1, -0.05) is 29.8 Å². The molecule has 0 amide bonds. The van der Waals surface area contributed by atoms with Gasteiger partial charge in [-0.2, -0.15) is 0 Å². The van der Waals surface area contributed by atoms with Gasteiger partial charge in [-0.25, -0.2) is 4.98 Å². The molecular formula is C11H10ClN3. The number of hydrogen-bond acceptors (Lipinski definition) is 3. The molecule has 3 nitrogen and oxygen atoms in total. The molecular weight excluding hydrogens is 210 g/mol. The number of aryl methyl sites for hydroxylation is 1. The summed E-state index contributed by atoms with van der Waals surface area (Å²) >= 11 is 5.74. The Morgan fingerprint density at radius 1 is 1.20 bits per heavy atom. The highest BCUT2D eigenvalue weighted by atomic mass is 35.5. The normalized spacial score (nSPS) is 10.0. The molecule has 0 saturated carbocycles. The van der Waals surface area contributed by atoms with Gasteiger partial charge in [0.05, 0.1) is 12.4 Å². The Morgan fingerprint density at radius 3 is 2.73 bits per heavy atom. The molecule has 0 aliphatic heterocycles. The lowest BCUT2D eigenvalue weighted by atomic mass is 10.2. The van der Waals surface area contributed by atoms with E-state index in [2.05, 4.69) is 15.3 Å². The Bertz CT molecular complexity index is 471. The zero-order valence-corrected chi connectivity index (χ0v) is 8.99. The smallest absolute Gasteiger partial charge is 0.150 e. The van der Waals surface area contributed by atoms with Crippen molar-refractivity contribution in [2.45, 2.75) is 6.92 Å². The Hall–Kier alpha value is -1.61. The molecule has 0 aliphatic carbocycles. The van der Waals surface area contributed by atoms with Crippen LogP contribution in [0.4, 0.5) is 11.5 Å². The quantitative estimate of drug-likeness (QED) is 0.843. The average Bonchev–Trinajstić information content (AvgIpc) is 2.22. The molecule has 4 heteroatoms. The lowest BCUT2D eigenvalue weighted by Crippen LogP contribution is -1.96. The molecule has 1 N–H and O–H groups in total. The molecule has 0 unspecified atom stereocenters. The zero-order valence-electron chi connectivity index (χ0n) is 8.24. The van der Waals surface area contributed by atoms with Crippen LogP contribution in [-0.2, 0) is 0 Å². The molecule has 0 atom stereocenters. The van der Waals surface area contributed by atoms with Crippen molar-refractivity contribution in [2.24, 2.45) is 0 Å². The molecule has 2 rings (SSSR count). The van der Waals surface area contributed by atoms with E-state index in [1.54, 1.807) is 6.20 Å². The molecule has 0 radical (unpaired) electrons. The number of anilines is 2. The van der Waals surface area contributed by atoms with E-state index in [-0.39, 0.29) is 0 Å². The highest BCUT2D eigenvalue weighted by Crippen LogP contribution is 2.18. The van der Waals surface area contributed by atoms with Crippen molar-refractivity contribution in [1.82, 2.24) is 9.97 Å². The van der Waals surface area contributed by atoms with Crippen molar-refractivity contribution in [1.29, 1.82) is 0 Å². The highest BCUT2D eigenvalue weighted by molar-refractivity contribution is 6.29. The summed E-state index contributed by atoms with van der Waals surface area (Å²) in [6.45, 7) is 2.03. The van der Waals surface area contributed by atoms with E-state index < -0.39 is 0 Å². The minimum absolute atomic E-state index is 0.383. The van der Waals surface area contributed by atoms with E-state index in [1.807, 2.05) is 31.2 Å². The summed E-state index contributed by atoms with van der Waals surface area (Å²) in [4.78, 5) is 8.05. The fourth-order valence-corrected chi connectivity index (χ4v) is 1.40. The summed E-state index contributed by atoms with van der Waals surface area (Å²) in [5.74, 6) is 0.650. The van der Waals surface area contributed by atoms with Gasteiger partial charge in [-0.15, -0.1) is 0 Å². The van der Waals surface area contributed by atoms with Crippen molar-refractivity contribution in [2.75, 3.05) is 5.32 Å². The van der Waals surface area contributed by atoms with Gasteiger partial charge in [0.25, 0.3) is 0 Å². The van der Waals surface area contributed by atoms with Gasteiger partial charge in [0.15, 0.2) is 5.82 Å². The van der Waals surface area contributed by atoms with E-state index in [0.717, 1.165) is 11.3 Å². The van der Waals surface area contributed by atoms with Crippen molar-refractivity contribution >= 4 is 23.1 Å². The molecule has 1 aromatic carbocycles. The van der Waals surface area contributed by atoms with Crippen LogP contribution in [0.15, 0.2) is 36.7 Å². The fraction of sp³-hybridized carbons (Fsp3) is 0.0909. The summed E-state index contributed by atoms with van der Waals surface area (Å²) < 4.78 is 0. The highest BCUT2D eigenvalue weighted by Gasteiger charge is 1.99. The van der Waals surface area contributed by atoms with Crippen LogP contribution in [0.2, 0.25) is 5.15 Å². The topological polar surface area (TPSA) is 37.8 Å². The maximum atomic E-state index is 5.74. The molecule has 0 bridgehead atoms. The zero-order chi connectivity index (χ0) is 10.7. The second-order valence-electron chi connectivity index (χ2n) is 3.17. The number of aromatic nitrogens is 2. The molecule has 1 heterocycles. The first kappa shape index (κ1) is 9.93. The van der Waals surface area contributed by atoms with Gasteiger partial charge < -0.3 is 5.32 Å². The third-order valence-corrected chi connectivity index (χ3v) is 2.20. The number of nitrogens with one attached hydrogen (secondary N) is 1. The lowest BCUT2D eigenvalue weighted by molar-refractivity contribution is 1.19. The second-order valence-corrected chi connectivity index (χ2v) is 3.55. The van der Waals surface area contributed by atoms with Crippen LogP contribution in [0.1, 0.15) is 5.56 Å². The number of nitrogens with zero attached hydrogens (tertiary/aromatic N) is 2. The summed E-state index contributed by atoms with van der Waals surface area (Å²) in [6.07, 6.45) is 3.14. The van der Waals surface area contributed by atoms with E-state index in [9.17, 15) is 0 Å². The summed E-state index contributed by atoms with van der Waals surface area (Å²) in [6, 6.07) is 7.97. The summed E-state index contributed by atoms with van der Waals surface area (Å²) in [7, 11) is 0. The van der Waals surface area contributed by atoms with E-state index >= 15 is 0 Å². The van der Waals surface area contributed by atoms with Crippen molar-refractivity contribution in [3.63, 3.8) is 0 Å². The molecule has 76 valence electrons. The molecule has 0 saturated heterocycles. The summed E-state index contributed by atoms with van der Waals surface area (Å²) in [5, 5.41) is 3.54. The van der Waals surface area contributed by atoms with Crippen LogP contribution < -0.4 is 5.32 Å². The van der Waals surface area contributed by atoms with Gasteiger partial charge in [0.2, 0.25) is 0 Å². The van der Waals surface area contributed by atoms with E-state index in [0.29, 0.717) is 11.0 Å². The van der Waals surface area contributed by atoms with Crippen LogP contribution in [0.25, 0.3) is 0 Å². The molecule has 0 spiro atoms. The number of para-hydroxylation sites is 1. The fourth-order valence-electron chi connectivity index (χ4n) is 1.25. The van der Waals surface area contributed by atoms with Crippen molar-refractivity contribution in [3.8, 4) is 0 Å². The SMILES string of the molecule is Cc1ccccc1Nc1cncc(Cl)n1. The van der Waals surface area contributed by atoms with Gasteiger partial charge in [0, 0.05) is 5.69 Å². The standard InChI is InChI=1S/C11H10ClN3/c1-8-4-2-3-5-9(8)14-11-7-13-6-10(12)15-11/h2-7H,1H3,(H,14,15). The summed E-state index contributed by atoms with van der Waals surface area (Å²) in [5.41, 5.74) is 2.16. The van der Waals surface area contributed by atoms with Crippen LogP contribution in [0.5, 0.6) is 0 Å². The van der Waals surface area contributed by atoms with Gasteiger partial charge in [-0.05, 0) is 18.6 Å². The first-order chi connectivity index (χ1) is 7.25. The first-order valence-electron chi connectivity index (χ1n) is 4.56. The Morgan fingerprint density at radius 2 is 2.00 bits per heavy atom. The van der Waals surface area contributed by atoms with Crippen molar-refractivity contribution < 1.29 is 0 Å². The molecule has 0 fully saturated rings. The van der Waals surface area contributed by atoms with E-state index in [4.69, 9.17) is 11.6 Å².